The molecule has 0 saturated heterocycles. The van der Waals surface area contributed by atoms with Gasteiger partial charge in [0.05, 0.1) is 0 Å². The third kappa shape index (κ3) is 5.03. The maximum Gasteiger partial charge on any atom is 0.0104 e. The number of rotatable bonds is 12. The Morgan fingerprint density at radius 1 is 0.630 bits per heavy atom. The SMILES string of the molecule is CCCCCCCc1cccc2c1C(CCCCCCC)c1ccccc1-2. The molecule has 0 aromatic heterocycles. The van der Waals surface area contributed by atoms with Crippen molar-refractivity contribution in [2.75, 3.05) is 0 Å². The van der Waals surface area contributed by atoms with Crippen LogP contribution in [0.5, 0.6) is 0 Å². The van der Waals surface area contributed by atoms with Crippen molar-refractivity contribution in [2.45, 2.75) is 96.8 Å². The van der Waals surface area contributed by atoms with Crippen LogP contribution >= 0.6 is 0 Å². The second-order valence-corrected chi connectivity index (χ2v) is 8.39. The van der Waals surface area contributed by atoms with Crippen LogP contribution in [0.25, 0.3) is 11.1 Å². The Morgan fingerprint density at radius 3 is 2.07 bits per heavy atom. The largest absolute Gasteiger partial charge is 0.0654 e. The monoisotopic (exact) mass is 362 g/mol. The Morgan fingerprint density at radius 2 is 1.30 bits per heavy atom. The number of unbranched alkanes of at least 4 members (excludes halogenated alkanes) is 8. The topological polar surface area (TPSA) is 0 Å². The molecule has 2 aromatic rings. The molecule has 0 amide bonds. The van der Waals surface area contributed by atoms with E-state index in [1.807, 2.05) is 0 Å². The van der Waals surface area contributed by atoms with E-state index in [9.17, 15) is 0 Å². The maximum absolute atomic E-state index is 2.41. The van der Waals surface area contributed by atoms with Gasteiger partial charge < -0.3 is 0 Å². The molecule has 3 rings (SSSR count). The average Bonchev–Trinajstić information content (AvgIpc) is 3.02. The molecule has 0 bridgehead atoms. The highest BCUT2D eigenvalue weighted by molar-refractivity contribution is 5.80. The van der Waals surface area contributed by atoms with Gasteiger partial charge in [-0.2, -0.15) is 0 Å². The minimum absolute atomic E-state index is 0.629. The lowest BCUT2D eigenvalue weighted by atomic mass is 9.87. The third-order valence-corrected chi connectivity index (χ3v) is 6.32. The molecule has 27 heavy (non-hydrogen) atoms. The van der Waals surface area contributed by atoms with Crippen molar-refractivity contribution in [3.05, 3.63) is 59.2 Å². The molecule has 1 aliphatic carbocycles. The number of benzene rings is 2. The van der Waals surface area contributed by atoms with Crippen molar-refractivity contribution >= 4 is 0 Å². The standard InChI is InChI=1S/C27H38/c1-3-5-7-9-11-16-22-17-15-21-26-24-19-14-13-18-23(24)25(27(22)26)20-12-10-8-6-4-2/h13-15,17-19,21,25H,3-12,16,20H2,1-2H3. The minimum atomic E-state index is 0.629. The number of hydrogen-bond acceptors (Lipinski definition) is 0. The summed E-state index contributed by atoms with van der Waals surface area (Å²) in [6.45, 7) is 4.60. The van der Waals surface area contributed by atoms with Crippen LogP contribution in [0.2, 0.25) is 0 Å². The molecular formula is C27H38. The van der Waals surface area contributed by atoms with E-state index in [1.54, 1.807) is 16.7 Å². The molecule has 0 saturated carbocycles. The van der Waals surface area contributed by atoms with Crippen LogP contribution in [0.15, 0.2) is 42.5 Å². The Kier molecular flexibility index (Phi) is 7.99. The highest BCUT2D eigenvalue weighted by Crippen LogP contribution is 2.48. The van der Waals surface area contributed by atoms with Crippen LogP contribution in [-0.2, 0) is 6.42 Å². The first-order chi connectivity index (χ1) is 13.4. The molecule has 0 N–H and O–H groups in total. The van der Waals surface area contributed by atoms with Crippen molar-refractivity contribution in [1.29, 1.82) is 0 Å². The molecule has 0 fully saturated rings. The number of aryl methyl sites for hydroxylation is 1. The van der Waals surface area contributed by atoms with Crippen molar-refractivity contribution in [3.8, 4) is 11.1 Å². The summed E-state index contributed by atoms with van der Waals surface area (Å²) in [4.78, 5) is 0. The van der Waals surface area contributed by atoms with E-state index >= 15 is 0 Å². The summed E-state index contributed by atoms with van der Waals surface area (Å²) >= 11 is 0. The molecule has 0 spiro atoms. The summed E-state index contributed by atoms with van der Waals surface area (Å²) < 4.78 is 0. The minimum Gasteiger partial charge on any atom is -0.0654 e. The summed E-state index contributed by atoms with van der Waals surface area (Å²) in [6, 6.07) is 16.2. The van der Waals surface area contributed by atoms with Gasteiger partial charge >= 0.3 is 0 Å². The van der Waals surface area contributed by atoms with Crippen LogP contribution in [0.4, 0.5) is 0 Å². The Balaban J connectivity index is 1.74. The van der Waals surface area contributed by atoms with Gasteiger partial charge in [0.25, 0.3) is 0 Å². The second kappa shape index (κ2) is 10.7. The van der Waals surface area contributed by atoms with E-state index in [-0.39, 0.29) is 0 Å². The predicted molar refractivity (Wildman–Crippen MR) is 120 cm³/mol. The van der Waals surface area contributed by atoms with Gasteiger partial charge in [-0.25, -0.2) is 0 Å². The van der Waals surface area contributed by atoms with Crippen LogP contribution in [0.1, 0.15) is 107 Å². The predicted octanol–water partition coefficient (Wildman–Crippen LogP) is 8.67. The van der Waals surface area contributed by atoms with E-state index in [0.29, 0.717) is 5.92 Å². The van der Waals surface area contributed by atoms with E-state index < -0.39 is 0 Å². The molecule has 1 atom stereocenters. The van der Waals surface area contributed by atoms with Gasteiger partial charge in [-0.1, -0.05) is 114 Å². The molecule has 1 unspecified atom stereocenters. The van der Waals surface area contributed by atoms with Crippen LogP contribution in [0, 0.1) is 0 Å². The zero-order chi connectivity index (χ0) is 18.9. The zero-order valence-electron chi connectivity index (χ0n) is 17.6. The number of hydrogen-bond donors (Lipinski definition) is 0. The molecule has 146 valence electrons. The first-order valence-electron chi connectivity index (χ1n) is 11.6. The van der Waals surface area contributed by atoms with Crippen molar-refractivity contribution in [2.24, 2.45) is 0 Å². The third-order valence-electron chi connectivity index (χ3n) is 6.32. The smallest absolute Gasteiger partial charge is 0.0104 e. The van der Waals surface area contributed by atoms with E-state index in [2.05, 4.69) is 56.3 Å². The molecule has 1 aliphatic rings. The van der Waals surface area contributed by atoms with Gasteiger partial charge in [-0.05, 0) is 47.1 Å². The van der Waals surface area contributed by atoms with E-state index in [1.165, 1.54) is 88.2 Å². The van der Waals surface area contributed by atoms with Crippen molar-refractivity contribution in [1.82, 2.24) is 0 Å². The lowest BCUT2D eigenvalue weighted by Crippen LogP contribution is -2.02. The Bertz CT molecular complexity index is 697. The fourth-order valence-electron chi connectivity index (χ4n) is 4.85. The van der Waals surface area contributed by atoms with E-state index in [0.717, 1.165) is 0 Å². The fraction of sp³-hybridized carbons (Fsp3) is 0.556. The van der Waals surface area contributed by atoms with E-state index in [4.69, 9.17) is 0 Å². The summed E-state index contributed by atoms with van der Waals surface area (Å²) in [7, 11) is 0. The van der Waals surface area contributed by atoms with Crippen LogP contribution in [0.3, 0.4) is 0 Å². The zero-order valence-corrected chi connectivity index (χ0v) is 17.6. The average molecular weight is 363 g/mol. The summed E-state index contributed by atoms with van der Waals surface area (Å²) in [6.07, 6.45) is 16.3. The van der Waals surface area contributed by atoms with Gasteiger partial charge in [-0.15, -0.1) is 0 Å². The molecule has 0 heterocycles. The highest BCUT2D eigenvalue weighted by Gasteiger charge is 2.29. The van der Waals surface area contributed by atoms with Crippen molar-refractivity contribution < 1.29 is 0 Å². The molecule has 2 aromatic carbocycles. The molecule has 0 radical (unpaired) electrons. The molecule has 0 aliphatic heterocycles. The van der Waals surface area contributed by atoms with Crippen molar-refractivity contribution in [3.63, 3.8) is 0 Å². The molecule has 0 nitrogen and oxygen atoms in total. The van der Waals surface area contributed by atoms with Gasteiger partial charge in [0.2, 0.25) is 0 Å². The summed E-state index contributed by atoms with van der Waals surface area (Å²) in [5.41, 5.74) is 7.90. The fourth-order valence-corrected chi connectivity index (χ4v) is 4.85. The molecule has 0 heteroatoms. The first kappa shape index (κ1) is 20.2. The normalized spacial score (nSPS) is 15.0. The second-order valence-electron chi connectivity index (χ2n) is 8.39. The quantitative estimate of drug-likeness (QED) is 0.331. The van der Waals surface area contributed by atoms with Crippen LogP contribution < -0.4 is 0 Å². The van der Waals surface area contributed by atoms with Gasteiger partial charge in [0.1, 0.15) is 0 Å². The highest BCUT2D eigenvalue weighted by atomic mass is 14.3. The summed E-state index contributed by atoms with van der Waals surface area (Å²) in [5.74, 6) is 0.629. The Labute approximate surface area is 167 Å². The van der Waals surface area contributed by atoms with Crippen LogP contribution in [-0.4, -0.2) is 0 Å². The maximum atomic E-state index is 2.41. The lowest BCUT2D eigenvalue weighted by Gasteiger charge is -2.17. The lowest BCUT2D eigenvalue weighted by molar-refractivity contribution is 0.580. The van der Waals surface area contributed by atoms with Gasteiger partial charge in [0, 0.05) is 5.92 Å². The summed E-state index contributed by atoms with van der Waals surface area (Å²) in [5, 5.41) is 0. The number of fused-ring (bicyclic) bond motifs is 3. The van der Waals surface area contributed by atoms with Gasteiger partial charge in [-0.3, -0.25) is 0 Å². The van der Waals surface area contributed by atoms with Gasteiger partial charge in [0.15, 0.2) is 0 Å². The first-order valence-corrected chi connectivity index (χ1v) is 11.6. The molecular weight excluding hydrogens is 324 g/mol. The Hall–Kier alpha value is -1.56.